The normalized spacial score (nSPS) is 21.6. The summed E-state index contributed by atoms with van der Waals surface area (Å²) in [4.78, 5) is 26.8. The number of primary amides is 1. The van der Waals surface area contributed by atoms with Crippen LogP contribution < -0.4 is 5.73 Å². The van der Waals surface area contributed by atoms with Gasteiger partial charge in [-0.2, -0.15) is 0 Å². The predicted molar refractivity (Wildman–Crippen MR) is 97.7 cm³/mol. The first-order chi connectivity index (χ1) is 12.1. The van der Waals surface area contributed by atoms with Crippen molar-refractivity contribution in [2.75, 3.05) is 6.54 Å². The molecule has 2 aromatic rings. The van der Waals surface area contributed by atoms with Crippen LogP contribution >= 0.6 is 0 Å². The van der Waals surface area contributed by atoms with Crippen molar-refractivity contribution in [3.8, 4) is 0 Å². The van der Waals surface area contributed by atoms with Crippen LogP contribution in [0.25, 0.3) is 0 Å². The van der Waals surface area contributed by atoms with Crippen LogP contribution in [0.15, 0.2) is 60.7 Å². The second-order valence-corrected chi connectivity index (χ2v) is 6.71. The molecule has 1 aliphatic heterocycles. The minimum atomic E-state index is -0.274. The number of piperidine rings is 1. The molecule has 3 rings (SSSR count). The summed E-state index contributed by atoms with van der Waals surface area (Å²) in [6, 6.07) is 19.6. The highest BCUT2D eigenvalue weighted by Crippen LogP contribution is 2.36. The highest BCUT2D eigenvalue weighted by atomic mass is 16.2. The van der Waals surface area contributed by atoms with Crippen LogP contribution in [0.1, 0.15) is 42.9 Å². The summed E-state index contributed by atoms with van der Waals surface area (Å²) in [5, 5.41) is 0. The Kier molecular flexibility index (Phi) is 5.17. The lowest BCUT2D eigenvalue weighted by Gasteiger charge is -2.40. The van der Waals surface area contributed by atoms with E-state index < -0.39 is 0 Å². The molecule has 3 atom stereocenters. The van der Waals surface area contributed by atoms with Gasteiger partial charge in [0, 0.05) is 12.5 Å². The topological polar surface area (TPSA) is 63.4 Å². The fourth-order valence-electron chi connectivity index (χ4n) is 3.61. The van der Waals surface area contributed by atoms with Crippen molar-refractivity contribution < 1.29 is 9.59 Å². The Morgan fingerprint density at radius 3 is 2.24 bits per heavy atom. The lowest BCUT2D eigenvalue weighted by Crippen LogP contribution is -2.45. The molecule has 0 aromatic heterocycles. The molecular weight excluding hydrogens is 312 g/mol. The van der Waals surface area contributed by atoms with E-state index in [0.717, 1.165) is 11.1 Å². The maximum Gasteiger partial charge on any atom is 0.230 e. The number of benzene rings is 2. The van der Waals surface area contributed by atoms with Crippen molar-refractivity contribution >= 4 is 11.8 Å². The van der Waals surface area contributed by atoms with Gasteiger partial charge in [0.05, 0.1) is 12.0 Å². The standard InChI is InChI=1S/C21H24N2O2/c1-15(16-8-4-2-5-9-16)21(25)23-13-12-18(20(22)24)14-19(23)17-10-6-3-7-11-17/h2-11,15,18-19H,12-14H2,1H3,(H2,22,24). The lowest BCUT2D eigenvalue weighted by atomic mass is 9.85. The van der Waals surface area contributed by atoms with Crippen LogP contribution in [-0.4, -0.2) is 23.3 Å². The van der Waals surface area contributed by atoms with E-state index in [4.69, 9.17) is 5.73 Å². The summed E-state index contributed by atoms with van der Waals surface area (Å²) < 4.78 is 0. The highest BCUT2D eigenvalue weighted by molar-refractivity contribution is 5.84. The molecule has 1 aliphatic rings. The van der Waals surface area contributed by atoms with Gasteiger partial charge in [0.1, 0.15) is 0 Å². The minimum absolute atomic E-state index is 0.1000. The molecular formula is C21H24N2O2. The Hall–Kier alpha value is -2.62. The number of rotatable bonds is 4. The molecule has 0 radical (unpaired) electrons. The van der Waals surface area contributed by atoms with Gasteiger partial charge >= 0.3 is 0 Å². The minimum Gasteiger partial charge on any atom is -0.369 e. The van der Waals surface area contributed by atoms with Gasteiger partial charge < -0.3 is 10.6 Å². The zero-order chi connectivity index (χ0) is 17.8. The zero-order valence-corrected chi connectivity index (χ0v) is 14.5. The second kappa shape index (κ2) is 7.51. The van der Waals surface area contributed by atoms with Gasteiger partial charge in [-0.05, 0) is 30.9 Å². The fourth-order valence-corrected chi connectivity index (χ4v) is 3.61. The quantitative estimate of drug-likeness (QED) is 0.931. The molecule has 1 saturated heterocycles. The SMILES string of the molecule is CC(C(=O)N1CCC(C(N)=O)CC1c1ccccc1)c1ccccc1. The first-order valence-electron chi connectivity index (χ1n) is 8.77. The van der Waals surface area contributed by atoms with Crippen molar-refractivity contribution in [1.82, 2.24) is 4.90 Å². The van der Waals surface area contributed by atoms with Crippen molar-refractivity contribution in [2.24, 2.45) is 11.7 Å². The number of carbonyl (C=O) groups is 2. The Balaban J connectivity index is 1.87. The van der Waals surface area contributed by atoms with E-state index in [0.29, 0.717) is 19.4 Å². The highest BCUT2D eigenvalue weighted by Gasteiger charge is 2.36. The number of amides is 2. The van der Waals surface area contributed by atoms with Gasteiger partial charge in [0.15, 0.2) is 0 Å². The molecule has 4 heteroatoms. The monoisotopic (exact) mass is 336 g/mol. The zero-order valence-electron chi connectivity index (χ0n) is 14.5. The van der Waals surface area contributed by atoms with Gasteiger partial charge in [0.2, 0.25) is 11.8 Å². The molecule has 0 saturated carbocycles. The van der Waals surface area contributed by atoms with E-state index in [9.17, 15) is 9.59 Å². The number of nitrogens with two attached hydrogens (primary N) is 1. The van der Waals surface area contributed by atoms with Gasteiger partial charge in [0.25, 0.3) is 0 Å². The van der Waals surface area contributed by atoms with Crippen LogP contribution in [0, 0.1) is 5.92 Å². The third kappa shape index (κ3) is 3.73. The molecule has 0 spiro atoms. The van der Waals surface area contributed by atoms with Gasteiger partial charge in [-0.25, -0.2) is 0 Å². The largest absolute Gasteiger partial charge is 0.369 e. The first kappa shape index (κ1) is 17.2. The molecule has 3 unspecified atom stereocenters. The molecule has 2 amide bonds. The summed E-state index contributed by atoms with van der Waals surface area (Å²) in [6.45, 7) is 2.50. The average Bonchev–Trinajstić information content (AvgIpc) is 2.67. The average molecular weight is 336 g/mol. The molecule has 2 N–H and O–H groups in total. The molecule has 2 aromatic carbocycles. The number of likely N-dealkylation sites (tertiary alicyclic amines) is 1. The van der Waals surface area contributed by atoms with Crippen LogP contribution in [0.3, 0.4) is 0 Å². The van der Waals surface area contributed by atoms with E-state index in [1.807, 2.05) is 72.5 Å². The smallest absolute Gasteiger partial charge is 0.230 e. The molecule has 0 bridgehead atoms. The first-order valence-corrected chi connectivity index (χ1v) is 8.77. The Labute approximate surface area is 148 Å². The number of carbonyl (C=O) groups excluding carboxylic acids is 2. The lowest BCUT2D eigenvalue weighted by molar-refractivity contribution is -0.139. The maximum atomic E-state index is 13.2. The third-order valence-electron chi connectivity index (χ3n) is 5.14. The molecule has 4 nitrogen and oxygen atoms in total. The Morgan fingerprint density at radius 2 is 1.64 bits per heavy atom. The van der Waals surface area contributed by atoms with E-state index in [1.54, 1.807) is 0 Å². The van der Waals surface area contributed by atoms with Crippen molar-refractivity contribution in [3.63, 3.8) is 0 Å². The van der Waals surface area contributed by atoms with Crippen LogP contribution in [0.2, 0.25) is 0 Å². The Morgan fingerprint density at radius 1 is 1.04 bits per heavy atom. The maximum absolute atomic E-state index is 13.2. The van der Waals surface area contributed by atoms with Crippen molar-refractivity contribution in [3.05, 3.63) is 71.8 Å². The predicted octanol–water partition coefficient (Wildman–Crippen LogP) is 3.26. The fraction of sp³-hybridized carbons (Fsp3) is 0.333. The van der Waals surface area contributed by atoms with Gasteiger partial charge in [-0.15, -0.1) is 0 Å². The second-order valence-electron chi connectivity index (χ2n) is 6.71. The summed E-state index contributed by atoms with van der Waals surface area (Å²) in [5.41, 5.74) is 7.61. The summed E-state index contributed by atoms with van der Waals surface area (Å²) >= 11 is 0. The molecule has 130 valence electrons. The summed E-state index contributed by atoms with van der Waals surface area (Å²) in [7, 11) is 0. The van der Waals surface area contributed by atoms with Crippen molar-refractivity contribution in [1.29, 1.82) is 0 Å². The van der Waals surface area contributed by atoms with E-state index in [2.05, 4.69) is 0 Å². The number of nitrogens with zero attached hydrogens (tertiary/aromatic N) is 1. The number of hydrogen-bond donors (Lipinski definition) is 1. The molecule has 0 aliphatic carbocycles. The molecule has 1 heterocycles. The van der Waals surface area contributed by atoms with Gasteiger partial charge in [-0.3, -0.25) is 9.59 Å². The Bertz CT molecular complexity index is 730. The van der Waals surface area contributed by atoms with Crippen molar-refractivity contribution in [2.45, 2.75) is 31.7 Å². The third-order valence-corrected chi connectivity index (χ3v) is 5.14. The molecule has 1 fully saturated rings. The van der Waals surface area contributed by atoms with E-state index in [-0.39, 0.29) is 29.7 Å². The van der Waals surface area contributed by atoms with E-state index in [1.165, 1.54) is 0 Å². The molecule has 25 heavy (non-hydrogen) atoms. The van der Waals surface area contributed by atoms with E-state index >= 15 is 0 Å². The van der Waals surface area contributed by atoms with Crippen LogP contribution in [-0.2, 0) is 9.59 Å². The number of hydrogen-bond acceptors (Lipinski definition) is 2. The van der Waals surface area contributed by atoms with Crippen LogP contribution in [0.4, 0.5) is 0 Å². The van der Waals surface area contributed by atoms with Crippen LogP contribution in [0.5, 0.6) is 0 Å². The summed E-state index contributed by atoms with van der Waals surface area (Å²) in [5.74, 6) is -0.564. The van der Waals surface area contributed by atoms with Gasteiger partial charge in [-0.1, -0.05) is 60.7 Å². The summed E-state index contributed by atoms with van der Waals surface area (Å²) in [6.07, 6.45) is 1.22.